The predicted octanol–water partition coefficient (Wildman–Crippen LogP) is 4.36. The van der Waals surface area contributed by atoms with Crippen molar-refractivity contribution < 1.29 is 4.79 Å². The van der Waals surface area contributed by atoms with Gasteiger partial charge in [0.1, 0.15) is 5.69 Å². The smallest absolute Gasteiger partial charge is 0.272 e. The van der Waals surface area contributed by atoms with Gasteiger partial charge in [-0.1, -0.05) is 54.8 Å². The van der Waals surface area contributed by atoms with Crippen molar-refractivity contribution in [3.05, 3.63) is 64.9 Å². The molecule has 1 saturated carbocycles. The predicted molar refractivity (Wildman–Crippen MR) is 92.7 cm³/mol. The number of hydrogen-bond donors (Lipinski definition) is 0. The van der Waals surface area contributed by atoms with E-state index in [0.717, 1.165) is 25.8 Å². The normalized spacial score (nSPS) is 14.8. The molecule has 0 bridgehead atoms. The minimum atomic E-state index is -0.00432. The summed E-state index contributed by atoms with van der Waals surface area (Å²) < 4.78 is 0. The highest BCUT2D eigenvalue weighted by Gasteiger charge is 2.27. The molecule has 1 aliphatic carbocycles. The van der Waals surface area contributed by atoms with Crippen LogP contribution in [-0.4, -0.2) is 28.4 Å². The van der Waals surface area contributed by atoms with Gasteiger partial charge >= 0.3 is 0 Å². The van der Waals surface area contributed by atoms with Crippen molar-refractivity contribution in [1.29, 1.82) is 0 Å². The summed E-state index contributed by atoms with van der Waals surface area (Å²) in [6.45, 7) is 0.724. The monoisotopic (exact) mass is 328 g/mol. The fraction of sp³-hybridized carbons (Fsp3) is 0.368. The molecule has 1 aromatic heterocycles. The van der Waals surface area contributed by atoms with Gasteiger partial charge in [0.05, 0.1) is 0 Å². The maximum absolute atomic E-state index is 12.9. The first-order valence-electron chi connectivity index (χ1n) is 8.20. The SMILES string of the molecule is O=C(c1cc(Cl)ccn1)N(CCc1ccccc1)C1CCCC1. The van der Waals surface area contributed by atoms with E-state index in [1.54, 1.807) is 18.3 Å². The van der Waals surface area contributed by atoms with Gasteiger partial charge in [0.25, 0.3) is 5.91 Å². The molecule has 0 N–H and O–H groups in total. The Kier molecular flexibility index (Phi) is 5.29. The minimum Gasteiger partial charge on any atom is -0.334 e. The molecule has 1 aromatic carbocycles. The van der Waals surface area contributed by atoms with Gasteiger partial charge in [-0.05, 0) is 37.0 Å². The minimum absolute atomic E-state index is 0.00432. The number of carbonyl (C=O) groups is 1. The molecule has 2 aromatic rings. The lowest BCUT2D eigenvalue weighted by Gasteiger charge is -2.29. The summed E-state index contributed by atoms with van der Waals surface area (Å²) in [5.74, 6) is -0.00432. The lowest BCUT2D eigenvalue weighted by Crippen LogP contribution is -2.40. The molecule has 23 heavy (non-hydrogen) atoms. The highest BCUT2D eigenvalue weighted by molar-refractivity contribution is 6.30. The Morgan fingerprint density at radius 1 is 1.17 bits per heavy atom. The van der Waals surface area contributed by atoms with E-state index in [4.69, 9.17) is 11.6 Å². The lowest BCUT2D eigenvalue weighted by molar-refractivity contribution is 0.0678. The van der Waals surface area contributed by atoms with Gasteiger partial charge in [0.15, 0.2) is 0 Å². The van der Waals surface area contributed by atoms with Crippen LogP contribution in [0, 0.1) is 0 Å². The quantitative estimate of drug-likeness (QED) is 0.817. The summed E-state index contributed by atoms with van der Waals surface area (Å²) in [6.07, 6.45) is 7.02. The van der Waals surface area contributed by atoms with Gasteiger partial charge in [0, 0.05) is 23.8 Å². The van der Waals surface area contributed by atoms with Gasteiger partial charge in [-0.2, -0.15) is 0 Å². The highest BCUT2D eigenvalue weighted by atomic mass is 35.5. The van der Waals surface area contributed by atoms with E-state index in [0.29, 0.717) is 16.8 Å². The van der Waals surface area contributed by atoms with Crippen molar-refractivity contribution >= 4 is 17.5 Å². The van der Waals surface area contributed by atoms with E-state index < -0.39 is 0 Å². The molecule has 3 rings (SSSR count). The first-order chi connectivity index (χ1) is 11.2. The van der Waals surface area contributed by atoms with Gasteiger partial charge < -0.3 is 4.90 Å². The van der Waals surface area contributed by atoms with Crippen LogP contribution < -0.4 is 0 Å². The second kappa shape index (κ2) is 7.60. The molecule has 1 amide bonds. The van der Waals surface area contributed by atoms with E-state index in [1.165, 1.54) is 18.4 Å². The Morgan fingerprint density at radius 2 is 1.91 bits per heavy atom. The molecule has 1 fully saturated rings. The fourth-order valence-electron chi connectivity index (χ4n) is 3.23. The third-order valence-corrected chi connectivity index (χ3v) is 4.69. The maximum Gasteiger partial charge on any atom is 0.272 e. The summed E-state index contributed by atoms with van der Waals surface area (Å²) >= 11 is 6.02. The van der Waals surface area contributed by atoms with E-state index in [9.17, 15) is 4.79 Å². The second-order valence-electron chi connectivity index (χ2n) is 6.03. The molecule has 0 aliphatic heterocycles. The molecule has 3 nitrogen and oxygen atoms in total. The summed E-state index contributed by atoms with van der Waals surface area (Å²) in [4.78, 5) is 19.1. The fourth-order valence-corrected chi connectivity index (χ4v) is 3.39. The van der Waals surface area contributed by atoms with Crippen molar-refractivity contribution in [1.82, 2.24) is 9.88 Å². The number of hydrogen-bond acceptors (Lipinski definition) is 2. The van der Waals surface area contributed by atoms with Crippen LogP contribution in [0.25, 0.3) is 0 Å². The molecule has 1 aliphatic rings. The van der Waals surface area contributed by atoms with Gasteiger partial charge in [0.2, 0.25) is 0 Å². The largest absolute Gasteiger partial charge is 0.334 e. The van der Waals surface area contributed by atoms with Crippen molar-refractivity contribution in [2.24, 2.45) is 0 Å². The first-order valence-corrected chi connectivity index (χ1v) is 8.58. The number of pyridine rings is 1. The summed E-state index contributed by atoms with van der Waals surface area (Å²) in [7, 11) is 0. The van der Waals surface area contributed by atoms with Crippen LogP contribution in [0.4, 0.5) is 0 Å². The zero-order chi connectivity index (χ0) is 16.1. The van der Waals surface area contributed by atoms with E-state index in [2.05, 4.69) is 17.1 Å². The van der Waals surface area contributed by atoms with Gasteiger partial charge in [-0.3, -0.25) is 9.78 Å². The maximum atomic E-state index is 12.9. The highest BCUT2D eigenvalue weighted by Crippen LogP contribution is 2.25. The second-order valence-corrected chi connectivity index (χ2v) is 6.47. The summed E-state index contributed by atoms with van der Waals surface area (Å²) in [5, 5.41) is 0.554. The molecule has 1 heterocycles. The average molecular weight is 329 g/mol. The van der Waals surface area contributed by atoms with Gasteiger partial charge in [-0.15, -0.1) is 0 Å². The number of halogens is 1. The van der Waals surface area contributed by atoms with Crippen molar-refractivity contribution in [3.63, 3.8) is 0 Å². The molecule has 0 unspecified atom stereocenters. The van der Waals surface area contributed by atoms with Gasteiger partial charge in [-0.25, -0.2) is 0 Å². The standard InChI is InChI=1S/C19H21ClN2O/c20-16-10-12-21-18(14-16)19(23)22(17-8-4-5-9-17)13-11-15-6-2-1-3-7-15/h1-3,6-7,10,12,14,17H,4-5,8-9,11,13H2. The molecule has 0 saturated heterocycles. The Hall–Kier alpha value is -1.87. The Labute approximate surface area is 142 Å². The number of benzene rings is 1. The summed E-state index contributed by atoms with van der Waals surface area (Å²) in [5.41, 5.74) is 1.69. The van der Waals surface area contributed by atoms with Crippen LogP contribution in [0.1, 0.15) is 41.7 Å². The molecule has 0 radical (unpaired) electrons. The zero-order valence-electron chi connectivity index (χ0n) is 13.1. The van der Waals surface area contributed by atoms with E-state index >= 15 is 0 Å². The van der Waals surface area contributed by atoms with Crippen LogP contribution in [0.2, 0.25) is 5.02 Å². The Balaban J connectivity index is 1.76. The number of carbonyl (C=O) groups excluding carboxylic acids is 1. The molecular weight excluding hydrogens is 308 g/mol. The molecule has 120 valence electrons. The van der Waals surface area contributed by atoms with Crippen LogP contribution >= 0.6 is 11.6 Å². The van der Waals surface area contributed by atoms with Crippen LogP contribution in [0.15, 0.2) is 48.7 Å². The lowest BCUT2D eigenvalue weighted by atomic mass is 10.1. The molecule has 4 heteroatoms. The number of nitrogens with zero attached hydrogens (tertiary/aromatic N) is 2. The van der Waals surface area contributed by atoms with Crippen LogP contribution in [0.3, 0.4) is 0 Å². The van der Waals surface area contributed by atoms with Crippen molar-refractivity contribution in [2.45, 2.75) is 38.1 Å². The topological polar surface area (TPSA) is 33.2 Å². The number of rotatable bonds is 5. The van der Waals surface area contributed by atoms with Crippen LogP contribution in [-0.2, 0) is 6.42 Å². The Bertz CT molecular complexity index is 653. The summed E-state index contributed by atoms with van der Waals surface area (Å²) in [6, 6.07) is 14.0. The van der Waals surface area contributed by atoms with E-state index in [-0.39, 0.29) is 5.91 Å². The van der Waals surface area contributed by atoms with E-state index in [1.807, 2.05) is 23.1 Å². The average Bonchev–Trinajstić information content (AvgIpc) is 3.10. The number of aromatic nitrogens is 1. The third kappa shape index (κ3) is 4.11. The zero-order valence-corrected chi connectivity index (χ0v) is 13.9. The third-order valence-electron chi connectivity index (χ3n) is 4.45. The molecular formula is C19H21ClN2O. The molecule has 0 spiro atoms. The molecule has 0 atom stereocenters. The van der Waals surface area contributed by atoms with Crippen molar-refractivity contribution in [3.8, 4) is 0 Å². The van der Waals surface area contributed by atoms with Crippen molar-refractivity contribution in [2.75, 3.05) is 6.54 Å². The first kappa shape index (κ1) is 16.0. The van der Waals surface area contributed by atoms with Crippen LogP contribution in [0.5, 0.6) is 0 Å². The number of amides is 1. The Morgan fingerprint density at radius 3 is 2.61 bits per heavy atom.